The van der Waals surface area contributed by atoms with Crippen LogP contribution in [0.25, 0.3) is 0 Å². The fourth-order valence-corrected chi connectivity index (χ4v) is 3.86. The van der Waals surface area contributed by atoms with Crippen molar-refractivity contribution in [3.8, 4) is 0 Å². The fraction of sp³-hybridized carbons (Fsp3) is 0.700. The summed E-state index contributed by atoms with van der Waals surface area (Å²) in [5.74, 6) is 1.96. The van der Waals surface area contributed by atoms with Crippen LogP contribution in [0.3, 0.4) is 0 Å². The molecule has 122 valence electrons. The van der Waals surface area contributed by atoms with Crippen LogP contribution in [0.1, 0.15) is 51.5 Å². The molecule has 0 aromatic heterocycles. The van der Waals surface area contributed by atoms with Gasteiger partial charge in [0.05, 0.1) is 0 Å². The smallest absolute Gasteiger partial charge is 0.0208 e. The first-order chi connectivity index (χ1) is 10.7. The van der Waals surface area contributed by atoms with Crippen molar-refractivity contribution in [1.29, 1.82) is 0 Å². The molecule has 3 rings (SSSR count). The molecule has 1 saturated carbocycles. The van der Waals surface area contributed by atoms with E-state index in [1.807, 2.05) is 0 Å². The van der Waals surface area contributed by atoms with Crippen LogP contribution in [0.2, 0.25) is 0 Å². The maximum absolute atomic E-state index is 3.83. The Hall–Kier alpha value is -0.860. The molecule has 0 spiro atoms. The van der Waals surface area contributed by atoms with Gasteiger partial charge in [-0.1, -0.05) is 50.1 Å². The summed E-state index contributed by atoms with van der Waals surface area (Å²) in [6.45, 7) is 8.28. The second-order valence-electron chi connectivity index (χ2n) is 7.56. The van der Waals surface area contributed by atoms with E-state index in [1.165, 1.54) is 50.8 Å². The Labute approximate surface area is 136 Å². The molecule has 0 radical (unpaired) electrons. The lowest BCUT2D eigenvalue weighted by Crippen LogP contribution is -2.51. The van der Waals surface area contributed by atoms with Crippen molar-refractivity contribution in [2.75, 3.05) is 13.1 Å². The van der Waals surface area contributed by atoms with Crippen LogP contribution in [0.5, 0.6) is 0 Å². The highest BCUT2D eigenvalue weighted by atomic mass is 15.2. The Morgan fingerprint density at radius 2 is 1.91 bits per heavy atom. The molecule has 3 atom stereocenters. The van der Waals surface area contributed by atoms with Crippen molar-refractivity contribution in [2.24, 2.45) is 11.8 Å². The van der Waals surface area contributed by atoms with Crippen LogP contribution in [0.15, 0.2) is 30.3 Å². The van der Waals surface area contributed by atoms with Crippen LogP contribution in [-0.4, -0.2) is 30.1 Å². The predicted molar refractivity (Wildman–Crippen MR) is 93.8 cm³/mol. The van der Waals surface area contributed by atoms with Crippen LogP contribution < -0.4 is 5.32 Å². The van der Waals surface area contributed by atoms with E-state index in [-0.39, 0.29) is 0 Å². The summed E-state index contributed by atoms with van der Waals surface area (Å²) in [7, 11) is 0. The summed E-state index contributed by atoms with van der Waals surface area (Å²) in [6, 6.07) is 12.2. The number of nitrogens with zero attached hydrogens (tertiary/aromatic N) is 1. The number of benzene rings is 1. The van der Waals surface area contributed by atoms with Gasteiger partial charge in [0.15, 0.2) is 0 Å². The number of piperidine rings is 1. The molecule has 2 heteroatoms. The summed E-state index contributed by atoms with van der Waals surface area (Å²) in [5, 5.41) is 3.83. The molecule has 1 heterocycles. The van der Waals surface area contributed by atoms with Gasteiger partial charge in [0, 0.05) is 31.7 Å². The Morgan fingerprint density at radius 1 is 1.14 bits per heavy atom. The Morgan fingerprint density at radius 3 is 2.59 bits per heavy atom. The molecule has 0 bridgehead atoms. The van der Waals surface area contributed by atoms with Crippen molar-refractivity contribution in [3.63, 3.8) is 0 Å². The quantitative estimate of drug-likeness (QED) is 0.817. The largest absolute Gasteiger partial charge is 0.309 e. The van der Waals surface area contributed by atoms with Crippen LogP contribution in [-0.2, 0) is 6.54 Å². The zero-order valence-electron chi connectivity index (χ0n) is 14.3. The van der Waals surface area contributed by atoms with E-state index in [2.05, 4.69) is 54.4 Å². The summed E-state index contributed by atoms with van der Waals surface area (Å²) < 4.78 is 0. The maximum Gasteiger partial charge on any atom is 0.0208 e. The Bertz CT molecular complexity index is 440. The van der Waals surface area contributed by atoms with Crippen LogP contribution >= 0.6 is 0 Å². The van der Waals surface area contributed by atoms with E-state index in [9.17, 15) is 0 Å². The number of hydrogen-bond acceptors (Lipinski definition) is 2. The normalized spacial score (nSPS) is 27.7. The first-order valence-electron chi connectivity index (χ1n) is 9.26. The van der Waals surface area contributed by atoms with E-state index in [4.69, 9.17) is 0 Å². The van der Waals surface area contributed by atoms with Gasteiger partial charge < -0.3 is 5.32 Å². The number of hydrogen-bond donors (Lipinski definition) is 1. The van der Waals surface area contributed by atoms with E-state index in [1.54, 1.807) is 0 Å². The summed E-state index contributed by atoms with van der Waals surface area (Å²) in [6.07, 6.45) is 7.08. The van der Waals surface area contributed by atoms with Gasteiger partial charge in [-0.2, -0.15) is 0 Å². The number of likely N-dealkylation sites (tertiary alicyclic amines) is 1. The summed E-state index contributed by atoms with van der Waals surface area (Å²) in [5.41, 5.74) is 1.40. The van der Waals surface area contributed by atoms with Crippen molar-refractivity contribution < 1.29 is 0 Å². The standard InChI is InChI=1S/C20H32N2/c1-3-16(2)22-14-19(11-17-9-10-17)12-20(15-22)21-13-18-7-5-4-6-8-18/h4-8,16-17,19-21H,3,9-15H2,1-2H3. The van der Waals surface area contributed by atoms with Gasteiger partial charge in [-0.25, -0.2) is 0 Å². The van der Waals surface area contributed by atoms with Gasteiger partial charge >= 0.3 is 0 Å². The molecule has 2 aliphatic rings. The third-order valence-corrected chi connectivity index (χ3v) is 5.58. The molecule has 1 N–H and O–H groups in total. The summed E-state index contributed by atoms with van der Waals surface area (Å²) in [4.78, 5) is 2.74. The van der Waals surface area contributed by atoms with E-state index in [0.717, 1.165) is 24.4 Å². The summed E-state index contributed by atoms with van der Waals surface area (Å²) >= 11 is 0. The third-order valence-electron chi connectivity index (χ3n) is 5.58. The second kappa shape index (κ2) is 7.61. The molecule has 1 aliphatic heterocycles. The van der Waals surface area contributed by atoms with Gasteiger partial charge in [-0.15, -0.1) is 0 Å². The zero-order chi connectivity index (χ0) is 15.4. The molecule has 1 saturated heterocycles. The first-order valence-corrected chi connectivity index (χ1v) is 9.26. The first kappa shape index (κ1) is 16.0. The van der Waals surface area contributed by atoms with Gasteiger partial charge in [-0.05, 0) is 43.6 Å². The third kappa shape index (κ3) is 4.57. The highest BCUT2D eigenvalue weighted by Crippen LogP contribution is 2.38. The maximum atomic E-state index is 3.83. The zero-order valence-corrected chi connectivity index (χ0v) is 14.3. The fourth-order valence-electron chi connectivity index (χ4n) is 3.86. The van der Waals surface area contributed by atoms with Crippen molar-refractivity contribution in [2.45, 2.75) is 64.6 Å². The molecule has 1 aromatic rings. The molecule has 22 heavy (non-hydrogen) atoms. The lowest BCUT2D eigenvalue weighted by atomic mass is 9.88. The minimum Gasteiger partial charge on any atom is -0.309 e. The molecule has 2 fully saturated rings. The van der Waals surface area contributed by atoms with Crippen molar-refractivity contribution in [3.05, 3.63) is 35.9 Å². The number of nitrogens with one attached hydrogen (secondary N) is 1. The monoisotopic (exact) mass is 300 g/mol. The highest BCUT2D eigenvalue weighted by molar-refractivity contribution is 5.14. The Balaban J connectivity index is 1.56. The lowest BCUT2D eigenvalue weighted by molar-refractivity contribution is 0.0955. The van der Waals surface area contributed by atoms with Gasteiger partial charge in [0.2, 0.25) is 0 Å². The SMILES string of the molecule is CCC(C)N1CC(CC2CC2)CC(NCc2ccccc2)C1. The average Bonchev–Trinajstić information content (AvgIpc) is 3.37. The molecule has 3 unspecified atom stereocenters. The molecule has 1 aliphatic carbocycles. The lowest BCUT2D eigenvalue weighted by Gasteiger charge is -2.41. The van der Waals surface area contributed by atoms with Crippen molar-refractivity contribution in [1.82, 2.24) is 10.2 Å². The van der Waals surface area contributed by atoms with E-state index >= 15 is 0 Å². The molecule has 1 aromatic carbocycles. The highest BCUT2D eigenvalue weighted by Gasteiger charge is 2.33. The second-order valence-corrected chi connectivity index (χ2v) is 7.56. The number of rotatable bonds is 7. The van der Waals surface area contributed by atoms with E-state index < -0.39 is 0 Å². The minimum absolute atomic E-state index is 0.659. The van der Waals surface area contributed by atoms with Gasteiger partial charge in [-0.3, -0.25) is 4.90 Å². The van der Waals surface area contributed by atoms with Gasteiger partial charge in [0.25, 0.3) is 0 Å². The molecule has 2 nitrogen and oxygen atoms in total. The average molecular weight is 300 g/mol. The topological polar surface area (TPSA) is 15.3 Å². The Kier molecular flexibility index (Phi) is 5.54. The van der Waals surface area contributed by atoms with Crippen LogP contribution in [0.4, 0.5) is 0 Å². The molecular weight excluding hydrogens is 268 g/mol. The minimum atomic E-state index is 0.659. The van der Waals surface area contributed by atoms with Gasteiger partial charge in [0.1, 0.15) is 0 Å². The van der Waals surface area contributed by atoms with E-state index in [0.29, 0.717) is 6.04 Å². The van der Waals surface area contributed by atoms with Crippen molar-refractivity contribution >= 4 is 0 Å². The molecular formula is C20H32N2. The predicted octanol–water partition coefficient (Wildman–Crippen LogP) is 4.07. The van der Waals surface area contributed by atoms with Crippen LogP contribution in [0, 0.1) is 11.8 Å². The molecule has 0 amide bonds.